The van der Waals surface area contributed by atoms with Gasteiger partial charge in [-0.25, -0.2) is 9.37 Å². The number of halogens is 1. The van der Waals surface area contributed by atoms with Gasteiger partial charge in [-0.3, -0.25) is 0 Å². The number of ether oxygens (including phenoxy) is 1. The Morgan fingerprint density at radius 3 is 2.76 bits per heavy atom. The van der Waals surface area contributed by atoms with E-state index in [-0.39, 0.29) is 17.3 Å². The minimum absolute atomic E-state index is 0.180. The third-order valence-corrected chi connectivity index (χ3v) is 6.23. The average Bonchev–Trinajstić information content (AvgIpc) is 2.75. The molecule has 2 aliphatic rings. The molecule has 0 spiro atoms. The third-order valence-electron chi connectivity index (χ3n) is 6.23. The van der Waals surface area contributed by atoms with Crippen LogP contribution in [0, 0.1) is 22.6 Å². The van der Waals surface area contributed by atoms with Crippen LogP contribution >= 0.6 is 0 Å². The molecule has 3 nitrogen and oxygen atoms in total. The Hall–Kier alpha value is -1.16. The lowest BCUT2D eigenvalue weighted by Crippen LogP contribution is -2.39. The van der Waals surface area contributed by atoms with E-state index in [9.17, 15) is 4.39 Å². The van der Waals surface area contributed by atoms with Crippen molar-refractivity contribution >= 4 is 0 Å². The molecule has 0 aromatic carbocycles. The molecule has 0 saturated heterocycles. The number of nitrogens with zero attached hydrogens (tertiary/aromatic N) is 1. The summed E-state index contributed by atoms with van der Waals surface area (Å²) in [7, 11) is 1.84. The molecule has 0 aliphatic heterocycles. The summed E-state index contributed by atoms with van der Waals surface area (Å²) >= 11 is 0. The average molecular weight is 292 g/mol. The summed E-state index contributed by atoms with van der Waals surface area (Å²) in [5, 5.41) is 3.05. The predicted octanol–water partition coefficient (Wildman–Crippen LogP) is 3.53. The van der Waals surface area contributed by atoms with Crippen LogP contribution in [0.2, 0.25) is 0 Å². The molecule has 21 heavy (non-hydrogen) atoms. The van der Waals surface area contributed by atoms with Gasteiger partial charge in [0.2, 0.25) is 5.88 Å². The molecular weight excluding hydrogens is 267 g/mol. The zero-order valence-corrected chi connectivity index (χ0v) is 13.4. The van der Waals surface area contributed by atoms with E-state index in [1.807, 2.05) is 7.05 Å². The van der Waals surface area contributed by atoms with Crippen molar-refractivity contribution in [1.29, 1.82) is 0 Å². The molecule has 1 heterocycles. The van der Waals surface area contributed by atoms with Gasteiger partial charge in [-0.05, 0) is 43.7 Å². The summed E-state index contributed by atoms with van der Waals surface area (Å²) in [6.07, 6.45) is 5.01. The van der Waals surface area contributed by atoms with Gasteiger partial charge in [0.05, 0.1) is 6.20 Å². The summed E-state index contributed by atoms with van der Waals surface area (Å²) in [5.74, 6) is 0.994. The van der Waals surface area contributed by atoms with E-state index in [2.05, 4.69) is 31.1 Å². The molecular formula is C17H25FN2O. The normalized spacial score (nSPS) is 33.4. The van der Waals surface area contributed by atoms with Crippen LogP contribution in [0.25, 0.3) is 0 Å². The first kappa shape index (κ1) is 14.8. The second-order valence-electron chi connectivity index (χ2n) is 7.37. The highest BCUT2D eigenvalue weighted by Crippen LogP contribution is 2.66. The number of hydrogen-bond acceptors (Lipinski definition) is 3. The number of fused-ring (bicyclic) bond motifs is 2. The number of aromatic nitrogens is 1. The molecule has 2 saturated carbocycles. The van der Waals surface area contributed by atoms with Crippen molar-refractivity contribution in [2.45, 2.75) is 52.7 Å². The monoisotopic (exact) mass is 292 g/mol. The number of hydrogen-bond donors (Lipinski definition) is 1. The quantitative estimate of drug-likeness (QED) is 0.921. The fraction of sp³-hybridized carbons (Fsp3) is 0.706. The van der Waals surface area contributed by atoms with Crippen molar-refractivity contribution in [3.8, 4) is 5.88 Å². The number of pyridine rings is 1. The molecule has 4 heteroatoms. The summed E-state index contributed by atoms with van der Waals surface area (Å²) < 4.78 is 19.7. The fourth-order valence-electron chi connectivity index (χ4n) is 4.34. The fourth-order valence-corrected chi connectivity index (χ4v) is 4.34. The number of nitrogens with one attached hydrogen (secondary N) is 1. The van der Waals surface area contributed by atoms with Crippen molar-refractivity contribution in [3.05, 3.63) is 23.6 Å². The van der Waals surface area contributed by atoms with Crippen LogP contribution in [0.4, 0.5) is 4.39 Å². The Balaban J connectivity index is 1.85. The molecule has 0 amide bonds. The Bertz CT molecular complexity index is 546. The molecule has 116 valence electrons. The molecule has 0 radical (unpaired) electrons. The van der Waals surface area contributed by atoms with Gasteiger partial charge in [-0.15, -0.1) is 0 Å². The van der Waals surface area contributed by atoms with Crippen molar-refractivity contribution in [3.63, 3.8) is 0 Å². The Kier molecular flexibility index (Phi) is 3.47. The topological polar surface area (TPSA) is 34.2 Å². The molecule has 1 aromatic rings. The van der Waals surface area contributed by atoms with Gasteiger partial charge in [0.25, 0.3) is 0 Å². The van der Waals surface area contributed by atoms with Gasteiger partial charge >= 0.3 is 0 Å². The Morgan fingerprint density at radius 1 is 1.43 bits per heavy atom. The maximum atomic E-state index is 13.4. The third kappa shape index (κ3) is 2.15. The molecule has 2 bridgehead atoms. The molecule has 3 unspecified atom stereocenters. The maximum absolute atomic E-state index is 13.4. The van der Waals surface area contributed by atoms with E-state index in [1.54, 1.807) is 0 Å². The summed E-state index contributed by atoms with van der Waals surface area (Å²) in [4.78, 5) is 4.19. The summed E-state index contributed by atoms with van der Waals surface area (Å²) in [5.41, 5.74) is 1.28. The Morgan fingerprint density at radius 2 is 2.19 bits per heavy atom. The van der Waals surface area contributed by atoms with Crippen LogP contribution < -0.4 is 10.1 Å². The van der Waals surface area contributed by atoms with Crippen LogP contribution in [0.15, 0.2) is 12.3 Å². The van der Waals surface area contributed by atoms with Crippen molar-refractivity contribution < 1.29 is 9.13 Å². The first-order valence-electron chi connectivity index (χ1n) is 7.84. The van der Waals surface area contributed by atoms with E-state index in [0.29, 0.717) is 17.8 Å². The van der Waals surface area contributed by atoms with E-state index >= 15 is 0 Å². The van der Waals surface area contributed by atoms with Crippen molar-refractivity contribution in [2.24, 2.45) is 16.7 Å². The molecule has 3 rings (SSSR count). The summed E-state index contributed by atoms with van der Waals surface area (Å²) in [6, 6.07) is 1.51. The molecule has 1 aromatic heterocycles. The molecule has 2 aliphatic carbocycles. The molecule has 1 N–H and O–H groups in total. The van der Waals surface area contributed by atoms with Gasteiger partial charge in [-0.1, -0.05) is 20.8 Å². The van der Waals surface area contributed by atoms with Crippen LogP contribution in [0.3, 0.4) is 0 Å². The Labute approximate surface area is 126 Å². The predicted molar refractivity (Wildman–Crippen MR) is 80.6 cm³/mol. The second-order valence-corrected chi connectivity index (χ2v) is 7.37. The van der Waals surface area contributed by atoms with Gasteiger partial charge < -0.3 is 10.1 Å². The van der Waals surface area contributed by atoms with Gasteiger partial charge in [-0.2, -0.15) is 0 Å². The van der Waals surface area contributed by atoms with Gasteiger partial charge in [0.15, 0.2) is 0 Å². The van der Waals surface area contributed by atoms with Crippen LogP contribution in [-0.2, 0) is 6.54 Å². The van der Waals surface area contributed by atoms with E-state index in [1.165, 1.54) is 25.1 Å². The lowest BCUT2D eigenvalue weighted by molar-refractivity contribution is 0.0265. The lowest BCUT2D eigenvalue weighted by Gasteiger charge is -2.38. The van der Waals surface area contributed by atoms with Crippen LogP contribution in [0.5, 0.6) is 5.88 Å². The van der Waals surface area contributed by atoms with Gasteiger partial charge in [0, 0.05) is 17.5 Å². The highest BCUT2D eigenvalue weighted by Gasteiger charge is 2.62. The van der Waals surface area contributed by atoms with E-state index < -0.39 is 0 Å². The minimum Gasteiger partial charge on any atom is -0.474 e. The highest BCUT2D eigenvalue weighted by molar-refractivity contribution is 5.27. The highest BCUT2D eigenvalue weighted by atomic mass is 19.1. The van der Waals surface area contributed by atoms with Crippen LogP contribution in [0.1, 0.15) is 45.6 Å². The van der Waals surface area contributed by atoms with Crippen LogP contribution in [-0.4, -0.2) is 18.1 Å². The van der Waals surface area contributed by atoms with Crippen molar-refractivity contribution in [1.82, 2.24) is 10.3 Å². The largest absolute Gasteiger partial charge is 0.474 e. The molecule has 2 fully saturated rings. The maximum Gasteiger partial charge on any atom is 0.218 e. The standard InChI is InChI=1S/C17H25FN2O/c1-16(2)12-5-6-17(16,3)14(8-12)21-15-11(9-19-4)7-13(18)10-20-15/h7,10,12,14,19H,5-6,8-9H2,1-4H3. The minimum atomic E-state index is -0.313. The van der Waals surface area contributed by atoms with Gasteiger partial charge in [0.1, 0.15) is 11.9 Å². The first-order chi connectivity index (χ1) is 9.88. The molecule has 3 atom stereocenters. The zero-order valence-electron chi connectivity index (χ0n) is 13.4. The number of rotatable bonds is 4. The smallest absolute Gasteiger partial charge is 0.218 e. The van der Waals surface area contributed by atoms with E-state index in [0.717, 1.165) is 17.9 Å². The second kappa shape index (κ2) is 4.94. The van der Waals surface area contributed by atoms with Crippen molar-refractivity contribution in [2.75, 3.05) is 7.05 Å². The zero-order chi connectivity index (χ0) is 15.3. The summed E-state index contributed by atoms with van der Waals surface area (Å²) in [6.45, 7) is 7.63. The SMILES string of the molecule is CNCc1cc(F)cnc1OC1CC2CCC1(C)C2(C)C. The lowest BCUT2D eigenvalue weighted by atomic mass is 9.70. The van der Waals surface area contributed by atoms with E-state index in [4.69, 9.17) is 4.74 Å². The first-order valence-corrected chi connectivity index (χ1v) is 7.84.